The average Bonchev–Trinajstić information content (AvgIpc) is 3.33. The Morgan fingerprint density at radius 2 is 1.94 bits per heavy atom. The van der Waals surface area contributed by atoms with Crippen molar-refractivity contribution in [3.05, 3.63) is 71.4 Å². The van der Waals surface area contributed by atoms with Gasteiger partial charge in [-0.1, -0.05) is 56.3 Å². The molecule has 1 saturated heterocycles. The summed E-state index contributed by atoms with van der Waals surface area (Å²) in [4.78, 5) is 22.5. The first-order chi connectivity index (χ1) is 16.6. The van der Waals surface area contributed by atoms with Crippen LogP contribution in [0.5, 0.6) is 5.75 Å². The summed E-state index contributed by atoms with van der Waals surface area (Å²) in [6.07, 6.45) is 2.32. The number of amides is 1. The zero-order valence-corrected chi connectivity index (χ0v) is 20.1. The van der Waals surface area contributed by atoms with E-state index < -0.39 is 6.10 Å². The number of hydrogen-bond donors (Lipinski definition) is 0. The molecular weight excluding hydrogens is 426 g/mol. The molecule has 0 spiro atoms. The van der Waals surface area contributed by atoms with Crippen LogP contribution in [0.3, 0.4) is 0 Å². The topological polar surface area (TPSA) is 54.9 Å². The Morgan fingerprint density at radius 1 is 1.12 bits per heavy atom. The third kappa shape index (κ3) is 4.93. The zero-order valence-electron chi connectivity index (χ0n) is 20.1. The van der Waals surface area contributed by atoms with Crippen molar-refractivity contribution in [2.75, 3.05) is 32.8 Å². The molecule has 3 aromatic rings. The molecule has 1 amide bonds. The molecule has 0 unspecified atom stereocenters. The highest BCUT2D eigenvalue weighted by Gasteiger charge is 2.31. The number of hydrogen-bond acceptors (Lipinski definition) is 5. The van der Waals surface area contributed by atoms with Crippen molar-refractivity contribution in [1.82, 2.24) is 14.8 Å². The van der Waals surface area contributed by atoms with Crippen molar-refractivity contribution in [2.45, 2.75) is 39.5 Å². The van der Waals surface area contributed by atoms with Crippen molar-refractivity contribution < 1.29 is 14.3 Å². The molecule has 2 aliphatic heterocycles. The second-order valence-electron chi connectivity index (χ2n) is 9.70. The van der Waals surface area contributed by atoms with Gasteiger partial charge in [0.15, 0.2) is 0 Å². The van der Waals surface area contributed by atoms with Crippen molar-refractivity contribution >= 4 is 16.8 Å². The zero-order chi connectivity index (χ0) is 23.5. The summed E-state index contributed by atoms with van der Waals surface area (Å²) in [5.74, 6) is 1.44. The highest BCUT2D eigenvalue weighted by Crippen LogP contribution is 2.30. The SMILES string of the molecule is CC(C)CN(Cc1cccc2cccnc12)C(=O)[C@H]1CN(Cc2cccc3c2OCC3)CCO1. The summed E-state index contributed by atoms with van der Waals surface area (Å²) in [6, 6.07) is 16.6. The second kappa shape index (κ2) is 10.1. The molecular formula is C28H33N3O3. The van der Waals surface area contributed by atoms with Gasteiger partial charge in [-0.05, 0) is 23.1 Å². The third-order valence-electron chi connectivity index (χ3n) is 6.59. The van der Waals surface area contributed by atoms with Gasteiger partial charge in [-0.25, -0.2) is 0 Å². The van der Waals surface area contributed by atoms with E-state index >= 15 is 0 Å². The van der Waals surface area contributed by atoms with Crippen molar-refractivity contribution in [1.29, 1.82) is 0 Å². The number of benzene rings is 2. The Morgan fingerprint density at radius 3 is 2.82 bits per heavy atom. The van der Waals surface area contributed by atoms with E-state index in [-0.39, 0.29) is 5.91 Å². The molecule has 0 bridgehead atoms. The Bertz CT molecular complexity index is 1160. The molecule has 0 saturated carbocycles. The maximum Gasteiger partial charge on any atom is 0.253 e. The number of carbonyl (C=O) groups is 1. The van der Waals surface area contributed by atoms with Crippen LogP contribution < -0.4 is 4.74 Å². The monoisotopic (exact) mass is 459 g/mol. The molecule has 2 aromatic carbocycles. The van der Waals surface area contributed by atoms with Crippen LogP contribution in [-0.4, -0.2) is 59.6 Å². The maximum absolute atomic E-state index is 13.7. The predicted octanol–water partition coefficient (Wildman–Crippen LogP) is 4.06. The molecule has 5 rings (SSSR count). The third-order valence-corrected chi connectivity index (χ3v) is 6.59. The number of morpholine rings is 1. The van der Waals surface area contributed by atoms with Gasteiger partial charge in [0.1, 0.15) is 11.9 Å². The summed E-state index contributed by atoms with van der Waals surface area (Å²) >= 11 is 0. The van der Waals surface area contributed by atoms with Crippen molar-refractivity contribution in [3.63, 3.8) is 0 Å². The van der Waals surface area contributed by atoms with E-state index in [2.05, 4.69) is 60.1 Å². The van der Waals surface area contributed by atoms with Crippen LogP contribution in [0.2, 0.25) is 0 Å². The summed E-state index contributed by atoms with van der Waals surface area (Å²) in [5.41, 5.74) is 4.50. The fraction of sp³-hybridized carbons (Fsp3) is 0.429. The van der Waals surface area contributed by atoms with Crippen LogP contribution in [0.1, 0.15) is 30.5 Å². The largest absolute Gasteiger partial charge is 0.493 e. The fourth-order valence-corrected chi connectivity index (χ4v) is 5.02. The first kappa shape index (κ1) is 22.8. The summed E-state index contributed by atoms with van der Waals surface area (Å²) in [7, 11) is 0. The number of rotatable bonds is 7. The van der Waals surface area contributed by atoms with Gasteiger partial charge in [-0.3, -0.25) is 14.7 Å². The molecule has 6 nitrogen and oxygen atoms in total. The van der Waals surface area contributed by atoms with Crippen molar-refractivity contribution in [2.24, 2.45) is 5.92 Å². The van der Waals surface area contributed by atoms with Gasteiger partial charge in [-0.2, -0.15) is 0 Å². The van der Waals surface area contributed by atoms with Crippen LogP contribution in [0.25, 0.3) is 10.9 Å². The van der Waals surface area contributed by atoms with Gasteiger partial charge in [0.25, 0.3) is 5.91 Å². The van der Waals surface area contributed by atoms with E-state index in [1.807, 2.05) is 23.2 Å². The smallest absolute Gasteiger partial charge is 0.253 e. The molecule has 0 radical (unpaired) electrons. The lowest BCUT2D eigenvalue weighted by molar-refractivity contribution is -0.151. The normalized spacial score (nSPS) is 18.1. The summed E-state index contributed by atoms with van der Waals surface area (Å²) in [6.45, 7) is 8.98. The molecule has 2 aliphatic rings. The van der Waals surface area contributed by atoms with Crippen LogP contribution in [-0.2, 0) is 29.0 Å². The molecule has 0 aliphatic carbocycles. The standard InChI is InChI=1S/C28H33N3O3/c1-20(2)16-31(18-23-8-3-6-21-10-5-12-29-26(21)23)28(32)25-19-30(13-15-33-25)17-24-9-4-7-22-11-14-34-27(22)24/h3-10,12,20,25H,11,13-19H2,1-2H3/t25-/m1/s1. The summed E-state index contributed by atoms with van der Waals surface area (Å²) < 4.78 is 11.9. The van der Waals surface area contributed by atoms with Gasteiger partial charge in [-0.15, -0.1) is 0 Å². The Hall–Kier alpha value is -2.96. The average molecular weight is 460 g/mol. The lowest BCUT2D eigenvalue weighted by Crippen LogP contribution is -2.51. The van der Waals surface area contributed by atoms with E-state index in [1.165, 1.54) is 11.1 Å². The highest BCUT2D eigenvalue weighted by atomic mass is 16.5. The van der Waals surface area contributed by atoms with E-state index in [9.17, 15) is 4.79 Å². The number of nitrogens with zero attached hydrogens (tertiary/aromatic N) is 3. The molecule has 178 valence electrons. The Labute approximate surface area is 201 Å². The lowest BCUT2D eigenvalue weighted by Gasteiger charge is -2.35. The number of pyridine rings is 1. The minimum absolute atomic E-state index is 0.0564. The van der Waals surface area contributed by atoms with Crippen LogP contribution >= 0.6 is 0 Å². The Kier molecular flexibility index (Phi) is 6.79. The first-order valence-electron chi connectivity index (χ1n) is 12.3. The van der Waals surface area contributed by atoms with E-state index in [0.29, 0.717) is 32.2 Å². The quantitative estimate of drug-likeness (QED) is 0.534. The molecule has 0 N–H and O–H groups in total. The first-order valence-corrected chi connectivity index (χ1v) is 12.3. The predicted molar refractivity (Wildman–Crippen MR) is 133 cm³/mol. The number of fused-ring (bicyclic) bond motifs is 2. The van der Waals surface area contributed by atoms with Crippen LogP contribution in [0.15, 0.2) is 54.7 Å². The molecule has 1 aromatic heterocycles. The number of carbonyl (C=O) groups excluding carboxylic acids is 1. The van der Waals surface area contributed by atoms with Gasteiger partial charge in [0.2, 0.25) is 0 Å². The van der Waals surface area contributed by atoms with E-state index in [4.69, 9.17) is 9.47 Å². The minimum atomic E-state index is -0.465. The van der Waals surface area contributed by atoms with Gasteiger partial charge in [0.05, 0.1) is 18.7 Å². The lowest BCUT2D eigenvalue weighted by atomic mass is 10.1. The van der Waals surface area contributed by atoms with Gasteiger partial charge in [0, 0.05) is 56.3 Å². The molecule has 1 atom stereocenters. The van der Waals surface area contributed by atoms with Crippen LogP contribution in [0, 0.1) is 5.92 Å². The van der Waals surface area contributed by atoms with E-state index in [1.54, 1.807) is 0 Å². The highest BCUT2D eigenvalue weighted by molar-refractivity contribution is 5.84. The molecule has 1 fully saturated rings. The number of aromatic nitrogens is 1. The Balaban J connectivity index is 1.31. The van der Waals surface area contributed by atoms with E-state index in [0.717, 1.165) is 48.3 Å². The second-order valence-corrected chi connectivity index (χ2v) is 9.70. The molecule has 3 heterocycles. The minimum Gasteiger partial charge on any atom is -0.493 e. The summed E-state index contributed by atoms with van der Waals surface area (Å²) in [5, 5.41) is 1.09. The van der Waals surface area contributed by atoms with Crippen molar-refractivity contribution in [3.8, 4) is 5.75 Å². The molecule has 34 heavy (non-hydrogen) atoms. The number of para-hydroxylation sites is 2. The fourth-order valence-electron chi connectivity index (χ4n) is 5.02. The van der Waals surface area contributed by atoms with Gasteiger partial charge >= 0.3 is 0 Å². The molecule has 6 heteroatoms. The maximum atomic E-state index is 13.7. The van der Waals surface area contributed by atoms with Gasteiger partial charge < -0.3 is 14.4 Å². The van der Waals surface area contributed by atoms with Crippen LogP contribution in [0.4, 0.5) is 0 Å². The number of ether oxygens (including phenoxy) is 2.